The summed E-state index contributed by atoms with van der Waals surface area (Å²) in [5, 5.41) is 6.85. The molecule has 1 aromatic carbocycles. The van der Waals surface area contributed by atoms with Crippen LogP contribution in [0.5, 0.6) is 0 Å². The molecule has 0 fully saturated rings. The summed E-state index contributed by atoms with van der Waals surface area (Å²) in [5.74, 6) is 0. The molecule has 0 unspecified atom stereocenters. The van der Waals surface area contributed by atoms with Gasteiger partial charge in [-0.2, -0.15) is 4.40 Å². The Morgan fingerprint density at radius 2 is 2.06 bits per heavy atom. The largest absolute Gasteiger partial charge is 0.341 e. The van der Waals surface area contributed by atoms with Crippen molar-refractivity contribution in [3.8, 4) is 0 Å². The van der Waals surface area contributed by atoms with Crippen LogP contribution in [0.3, 0.4) is 0 Å². The van der Waals surface area contributed by atoms with Gasteiger partial charge < -0.3 is 0 Å². The van der Waals surface area contributed by atoms with Crippen LogP contribution >= 0.6 is 11.8 Å². The van der Waals surface area contributed by atoms with Crippen molar-refractivity contribution in [2.45, 2.75) is 12.1 Å². The van der Waals surface area contributed by atoms with Crippen molar-refractivity contribution < 1.29 is 4.40 Å². The summed E-state index contributed by atoms with van der Waals surface area (Å²) in [6.45, 7) is 2.15. The van der Waals surface area contributed by atoms with E-state index in [9.17, 15) is 0 Å². The summed E-state index contributed by atoms with van der Waals surface area (Å²) in [6, 6.07) is 10.7. The maximum atomic E-state index is 4.54. The van der Waals surface area contributed by atoms with Gasteiger partial charge in [-0.15, -0.1) is 4.68 Å². The quantitative estimate of drug-likeness (QED) is 0.484. The minimum Gasteiger partial charge on any atom is -0.184 e. The Balaban J connectivity index is 2.61. The first-order valence-corrected chi connectivity index (χ1v) is 6.76. The summed E-state index contributed by atoms with van der Waals surface area (Å²) in [5.41, 5.74) is 3.64. The second-order valence-corrected chi connectivity index (χ2v) is 4.92. The van der Waals surface area contributed by atoms with E-state index in [2.05, 4.69) is 53.0 Å². The molecule has 0 aliphatic heterocycles. The first kappa shape index (κ1) is 10.6. The highest BCUT2D eigenvalue weighted by molar-refractivity contribution is 7.98. The second-order valence-electron chi connectivity index (χ2n) is 4.15. The van der Waals surface area contributed by atoms with Gasteiger partial charge in [0.2, 0.25) is 0 Å². The minimum atomic E-state index is 1.03. The molecule has 0 saturated heterocycles. The highest BCUT2D eigenvalue weighted by Crippen LogP contribution is 2.19. The number of para-hydroxylation sites is 1. The van der Waals surface area contributed by atoms with Gasteiger partial charge in [0.05, 0.1) is 12.1 Å². The van der Waals surface area contributed by atoms with Crippen LogP contribution in [-0.2, 0) is 7.05 Å². The molecule has 0 aliphatic rings. The van der Waals surface area contributed by atoms with Gasteiger partial charge in [0.1, 0.15) is 5.52 Å². The Morgan fingerprint density at radius 3 is 2.82 bits per heavy atom. The van der Waals surface area contributed by atoms with E-state index in [0.29, 0.717) is 0 Å². The number of fused-ring (bicyclic) bond motifs is 3. The van der Waals surface area contributed by atoms with Crippen LogP contribution in [-0.4, -0.2) is 16.0 Å². The molecule has 4 heteroatoms. The van der Waals surface area contributed by atoms with Crippen molar-refractivity contribution >= 4 is 28.3 Å². The molecule has 17 heavy (non-hydrogen) atoms. The van der Waals surface area contributed by atoms with Crippen LogP contribution in [0.1, 0.15) is 5.56 Å². The number of rotatable bonds is 1. The summed E-state index contributed by atoms with van der Waals surface area (Å²) in [4.78, 5) is 0. The molecule has 0 amide bonds. The third-order valence-corrected chi connectivity index (χ3v) is 3.71. The molecule has 3 rings (SSSR count). The second kappa shape index (κ2) is 3.74. The van der Waals surface area contributed by atoms with Gasteiger partial charge in [-0.25, -0.2) is 0 Å². The molecule has 86 valence electrons. The molecule has 0 atom stereocenters. The van der Waals surface area contributed by atoms with Crippen molar-refractivity contribution in [1.29, 1.82) is 0 Å². The number of pyridine rings is 1. The zero-order chi connectivity index (χ0) is 12.0. The van der Waals surface area contributed by atoms with Gasteiger partial charge in [0, 0.05) is 11.5 Å². The van der Waals surface area contributed by atoms with Crippen LogP contribution in [0.2, 0.25) is 0 Å². The van der Waals surface area contributed by atoms with Crippen molar-refractivity contribution in [2.24, 2.45) is 7.05 Å². The normalized spacial score (nSPS) is 11.5. The van der Waals surface area contributed by atoms with Gasteiger partial charge in [-0.05, 0) is 24.8 Å². The lowest BCUT2D eigenvalue weighted by Gasteiger charge is -2.01. The molecule has 3 nitrogen and oxygen atoms in total. The first-order chi connectivity index (χ1) is 8.22. The van der Waals surface area contributed by atoms with Gasteiger partial charge in [0.15, 0.2) is 0 Å². The number of nitrogens with zero attached hydrogens (tertiary/aromatic N) is 3. The number of aryl methyl sites for hydroxylation is 2. The monoisotopic (exact) mass is 244 g/mol. The number of thioether (sulfide) groups is 1. The predicted molar refractivity (Wildman–Crippen MR) is 70.4 cm³/mol. The summed E-state index contributed by atoms with van der Waals surface area (Å²) < 4.78 is 4.15. The fourth-order valence-corrected chi connectivity index (χ4v) is 2.84. The Bertz CT molecular complexity index is 715. The molecule has 0 bridgehead atoms. The van der Waals surface area contributed by atoms with Gasteiger partial charge in [-0.3, -0.25) is 0 Å². The van der Waals surface area contributed by atoms with E-state index >= 15 is 0 Å². The smallest absolute Gasteiger partial charge is 0.184 e. The first-order valence-electron chi connectivity index (χ1n) is 5.53. The number of aromatic nitrogens is 3. The van der Waals surface area contributed by atoms with E-state index in [0.717, 1.165) is 10.8 Å². The Kier molecular flexibility index (Phi) is 2.33. The van der Waals surface area contributed by atoms with E-state index in [1.165, 1.54) is 16.5 Å². The number of benzene rings is 1. The zero-order valence-corrected chi connectivity index (χ0v) is 11.0. The summed E-state index contributed by atoms with van der Waals surface area (Å²) in [6.07, 6.45) is 2.06. The fraction of sp³-hybridized carbons (Fsp3) is 0.231. The molecule has 0 saturated carbocycles. The SMILES string of the molecule is CSc1nn(C)c2cc(C)c3ccccc3[n+]12. The lowest BCUT2D eigenvalue weighted by Crippen LogP contribution is -2.24. The molecule has 2 aromatic heterocycles. The number of hydrogen-bond donors (Lipinski definition) is 0. The lowest BCUT2D eigenvalue weighted by atomic mass is 10.1. The van der Waals surface area contributed by atoms with E-state index in [4.69, 9.17) is 0 Å². The standard InChI is InChI=1S/C13H14N3S/c1-9-8-12-15(2)14-13(17-3)16(12)11-7-5-4-6-10(9)11/h4-8H,1-3H3/q+1. The van der Waals surface area contributed by atoms with Crippen molar-refractivity contribution in [2.75, 3.05) is 6.26 Å². The van der Waals surface area contributed by atoms with Crippen LogP contribution in [0.15, 0.2) is 35.5 Å². The van der Waals surface area contributed by atoms with E-state index in [1.807, 2.05) is 11.7 Å². The van der Waals surface area contributed by atoms with E-state index < -0.39 is 0 Å². The van der Waals surface area contributed by atoms with Crippen LogP contribution in [0.25, 0.3) is 16.6 Å². The highest BCUT2D eigenvalue weighted by atomic mass is 32.2. The molecule has 0 radical (unpaired) electrons. The maximum Gasteiger partial charge on any atom is 0.341 e. The third-order valence-electron chi connectivity index (χ3n) is 3.09. The molecule has 0 spiro atoms. The van der Waals surface area contributed by atoms with Gasteiger partial charge in [0.25, 0.3) is 5.65 Å². The average molecular weight is 244 g/mol. The van der Waals surface area contributed by atoms with E-state index in [-0.39, 0.29) is 0 Å². The maximum absolute atomic E-state index is 4.54. The molecule has 2 heterocycles. The van der Waals surface area contributed by atoms with Crippen molar-refractivity contribution in [3.63, 3.8) is 0 Å². The summed E-state index contributed by atoms with van der Waals surface area (Å²) >= 11 is 1.67. The third kappa shape index (κ3) is 1.44. The molecule has 0 aliphatic carbocycles. The average Bonchev–Trinajstić information content (AvgIpc) is 2.67. The molecule has 3 aromatic rings. The molecular formula is C13H14N3S+. The Labute approximate surface area is 104 Å². The van der Waals surface area contributed by atoms with E-state index in [1.54, 1.807) is 11.8 Å². The number of hydrogen-bond acceptors (Lipinski definition) is 2. The van der Waals surface area contributed by atoms with Crippen LogP contribution in [0, 0.1) is 6.92 Å². The topological polar surface area (TPSA) is 21.9 Å². The zero-order valence-electron chi connectivity index (χ0n) is 10.1. The predicted octanol–water partition coefficient (Wildman–Crippen LogP) is 2.34. The molecular weight excluding hydrogens is 230 g/mol. The fourth-order valence-electron chi connectivity index (χ4n) is 2.26. The van der Waals surface area contributed by atoms with Crippen LogP contribution < -0.4 is 4.40 Å². The molecule has 0 N–H and O–H groups in total. The van der Waals surface area contributed by atoms with Crippen molar-refractivity contribution in [3.05, 3.63) is 35.9 Å². The minimum absolute atomic E-state index is 1.03. The Hall–Kier alpha value is -1.55. The van der Waals surface area contributed by atoms with Crippen molar-refractivity contribution in [1.82, 2.24) is 9.78 Å². The van der Waals surface area contributed by atoms with Gasteiger partial charge >= 0.3 is 5.16 Å². The van der Waals surface area contributed by atoms with Gasteiger partial charge in [-0.1, -0.05) is 30.0 Å². The Morgan fingerprint density at radius 1 is 1.29 bits per heavy atom. The summed E-state index contributed by atoms with van der Waals surface area (Å²) in [7, 11) is 1.99. The lowest BCUT2D eigenvalue weighted by molar-refractivity contribution is -0.527. The highest BCUT2D eigenvalue weighted by Gasteiger charge is 2.19. The van der Waals surface area contributed by atoms with Crippen LogP contribution in [0.4, 0.5) is 0 Å².